The van der Waals surface area contributed by atoms with Gasteiger partial charge < -0.3 is 10.1 Å². The molecule has 196 valence electrons. The number of hydrogen-bond donors (Lipinski definition) is 2. The second-order valence-electron chi connectivity index (χ2n) is 9.51. The van der Waals surface area contributed by atoms with Crippen molar-refractivity contribution in [2.75, 3.05) is 19.0 Å². The van der Waals surface area contributed by atoms with Crippen LogP contribution in [0.15, 0.2) is 41.7 Å². The molecule has 1 saturated carbocycles. The third-order valence-corrected chi connectivity index (χ3v) is 8.65. The highest BCUT2D eigenvalue weighted by atomic mass is 32.2. The molecule has 1 atom stereocenters. The van der Waals surface area contributed by atoms with Crippen LogP contribution in [0.2, 0.25) is 0 Å². The summed E-state index contributed by atoms with van der Waals surface area (Å²) >= 11 is 0. The predicted molar refractivity (Wildman–Crippen MR) is 141 cm³/mol. The first-order valence-corrected chi connectivity index (χ1v) is 13.9. The van der Waals surface area contributed by atoms with Crippen molar-refractivity contribution in [1.29, 1.82) is 0 Å². The number of methoxy groups -OCH3 is 1. The fraction of sp³-hybridized carbons (Fsp3) is 0.440. The number of sulfonamides is 1. The number of fused-ring (bicyclic) bond motifs is 1. The Labute approximate surface area is 216 Å². The van der Waals surface area contributed by atoms with E-state index in [-0.39, 0.29) is 23.0 Å². The Bertz CT molecular complexity index is 1500. The summed E-state index contributed by atoms with van der Waals surface area (Å²) in [5.41, 5.74) is 3.68. The largest absolute Gasteiger partial charge is 0.467 e. The molecule has 4 aromatic rings. The molecule has 0 aliphatic heterocycles. The van der Waals surface area contributed by atoms with Gasteiger partial charge in [-0.05, 0) is 45.7 Å². The minimum atomic E-state index is -3.73. The summed E-state index contributed by atoms with van der Waals surface area (Å²) in [6, 6.07) is 6.03. The summed E-state index contributed by atoms with van der Waals surface area (Å²) in [7, 11) is -2.21. The van der Waals surface area contributed by atoms with Gasteiger partial charge in [0.2, 0.25) is 10.0 Å². The van der Waals surface area contributed by atoms with E-state index in [1.807, 2.05) is 36.7 Å². The van der Waals surface area contributed by atoms with Gasteiger partial charge in [-0.2, -0.15) is 10.2 Å². The molecule has 3 heterocycles. The van der Waals surface area contributed by atoms with Crippen molar-refractivity contribution in [2.45, 2.75) is 63.4 Å². The fourth-order valence-electron chi connectivity index (χ4n) is 5.10. The summed E-state index contributed by atoms with van der Waals surface area (Å²) in [5.74, 6) is 0. The Balaban J connectivity index is 1.30. The molecule has 1 fully saturated rings. The maximum absolute atomic E-state index is 13.3. The Morgan fingerprint density at radius 3 is 2.57 bits per heavy atom. The van der Waals surface area contributed by atoms with Crippen molar-refractivity contribution in [2.24, 2.45) is 0 Å². The van der Waals surface area contributed by atoms with Gasteiger partial charge in [0.05, 0.1) is 48.6 Å². The number of ether oxygens (including phenoxy) is 1. The molecule has 1 aliphatic carbocycles. The van der Waals surface area contributed by atoms with Gasteiger partial charge in [0.1, 0.15) is 10.6 Å². The number of hydrogen-bond acceptors (Lipinski definition) is 8. The molecule has 3 aromatic heterocycles. The molecule has 0 spiro atoms. The number of nitrogens with one attached hydrogen (secondary N) is 2. The van der Waals surface area contributed by atoms with Crippen LogP contribution in [-0.2, 0) is 10.0 Å². The minimum absolute atomic E-state index is 0.285. The lowest BCUT2D eigenvalue weighted by Gasteiger charge is -2.17. The maximum Gasteiger partial charge on any atom is 0.316 e. The lowest BCUT2D eigenvalue weighted by molar-refractivity contribution is 0.379. The van der Waals surface area contributed by atoms with Crippen molar-refractivity contribution >= 4 is 26.6 Å². The molecular weight excluding hydrogens is 492 g/mol. The van der Waals surface area contributed by atoms with Gasteiger partial charge in [0, 0.05) is 23.7 Å². The van der Waals surface area contributed by atoms with Gasteiger partial charge >= 0.3 is 6.01 Å². The molecule has 0 amide bonds. The summed E-state index contributed by atoms with van der Waals surface area (Å²) in [4.78, 5) is 8.60. The quantitative estimate of drug-likeness (QED) is 0.340. The first kappa shape index (κ1) is 25.2. The number of anilines is 1. The average molecular weight is 525 g/mol. The molecule has 11 nitrogen and oxygen atoms in total. The van der Waals surface area contributed by atoms with Crippen LogP contribution >= 0.6 is 0 Å². The molecule has 0 bridgehead atoms. The molecule has 37 heavy (non-hydrogen) atoms. The van der Waals surface area contributed by atoms with E-state index >= 15 is 0 Å². The number of rotatable bonds is 9. The molecule has 0 unspecified atom stereocenters. The number of aryl methyl sites for hydroxylation is 1. The summed E-state index contributed by atoms with van der Waals surface area (Å²) in [6.45, 7) is 5.85. The summed E-state index contributed by atoms with van der Waals surface area (Å²) in [6.07, 6.45) is 9.46. The lowest BCUT2D eigenvalue weighted by atomic mass is 10.2. The van der Waals surface area contributed by atoms with E-state index < -0.39 is 10.0 Å². The van der Waals surface area contributed by atoms with Crippen LogP contribution in [0, 0.1) is 13.8 Å². The van der Waals surface area contributed by atoms with Crippen molar-refractivity contribution in [3.8, 4) is 11.7 Å². The van der Waals surface area contributed by atoms with Crippen molar-refractivity contribution in [3.05, 3.63) is 48.2 Å². The minimum Gasteiger partial charge on any atom is -0.467 e. The number of aromatic nitrogens is 6. The molecule has 0 radical (unpaired) electrons. The normalized spacial score (nSPS) is 15.4. The zero-order valence-electron chi connectivity index (χ0n) is 21.5. The zero-order valence-corrected chi connectivity index (χ0v) is 22.3. The smallest absolute Gasteiger partial charge is 0.316 e. The van der Waals surface area contributed by atoms with Crippen molar-refractivity contribution in [3.63, 3.8) is 0 Å². The highest BCUT2D eigenvalue weighted by Crippen LogP contribution is 2.32. The standard InChI is InChI=1S/C25H32N8O3S/c1-16(31-37(34,35)24-17(2)30-32(18(24)3)19-8-5-6-9-19)12-26-22-10-7-11-23-21(22)15-29-33(23)20-13-27-25(36-4)28-14-20/h7,10-11,13-16,19,26,31H,5-6,8-9,12H2,1-4H3/t16-/m0/s1. The third kappa shape index (κ3) is 4.90. The van der Waals surface area contributed by atoms with Crippen LogP contribution in [0.25, 0.3) is 16.6 Å². The Kier molecular flexibility index (Phi) is 6.86. The van der Waals surface area contributed by atoms with Crippen LogP contribution in [0.5, 0.6) is 6.01 Å². The van der Waals surface area contributed by atoms with Gasteiger partial charge in [-0.1, -0.05) is 18.9 Å². The highest BCUT2D eigenvalue weighted by molar-refractivity contribution is 7.89. The Hall–Kier alpha value is -3.51. The monoisotopic (exact) mass is 524 g/mol. The van der Waals surface area contributed by atoms with Gasteiger partial charge in [0.25, 0.3) is 0 Å². The lowest BCUT2D eigenvalue weighted by Crippen LogP contribution is -2.37. The topological polar surface area (TPSA) is 129 Å². The molecular formula is C25H32N8O3S. The highest BCUT2D eigenvalue weighted by Gasteiger charge is 2.29. The second kappa shape index (κ2) is 10.1. The van der Waals surface area contributed by atoms with Gasteiger partial charge in [-0.25, -0.2) is 27.8 Å². The van der Waals surface area contributed by atoms with E-state index in [0.717, 1.165) is 42.3 Å². The van der Waals surface area contributed by atoms with E-state index in [0.29, 0.717) is 23.6 Å². The molecule has 0 saturated heterocycles. The molecule has 1 aromatic carbocycles. The molecule has 1 aliphatic rings. The van der Waals surface area contributed by atoms with Crippen LogP contribution < -0.4 is 14.8 Å². The Morgan fingerprint density at radius 2 is 1.86 bits per heavy atom. The van der Waals surface area contributed by atoms with Crippen LogP contribution in [0.1, 0.15) is 50.0 Å². The number of benzene rings is 1. The first-order valence-electron chi connectivity index (χ1n) is 12.4. The van der Waals surface area contributed by atoms with E-state index in [1.165, 1.54) is 7.11 Å². The molecule has 2 N–H and O–H groups in total. The van der Waals surface area contributed by atoms with E-state index in [4.69, 9.17) is 4.74 Å². The predicted octanol–water partition coefficient (Wildman–Crippen LogP) is 3.53. The van der Waals surface area contributed by atoms with Gasteiger partial charge in [-0.15, -0.1) is 0 Å². The van der Waals surface area contributed by atoms with E-state index in [2.05, 4.69) is 30.2 Å². The van der Waals surface area contributed by atoms with Crippen LogP contribution in [0.3, 0.4) is 0 Å². The van der Waals surface area contributed by atoms with Gasteiger partial charge in [-0.3, -0.25) is 4.68 Å². The fourth-order valence-corrected chi connectivity index (χ4v) is 6.75. The van der Waals surface area contributed by atoms with E-state index in [1.54, 1.807) is 30.2 Å². The summed E-state index contributed by atoms with van der Waals surface area (Å²) < 4.78 is 38.1. The summed E-state index contributed by atoms with van der Waals surface area (Å²) in [5, 5.41) is 13.4. The van der Waals surface area contributed by atoms with Crippen molar-refractivity contribution < 1.29 is 13.2 Å². The molecule has 12 heteroatoms. The first-order chi connectivity index (χ1) is 17.8. The molecule has 5 rings (SSSR count). The van der Waals surface area contributed by atoms with Crippen LogP contribution in [-0.4, -0.2) is 57.6 Å². The maximum atomic E-state index is 13.3. The third-order valence-electron chi connectivity index (χ3n) is 6.81. The van der Waals surface area contributed by atoms with Gasteiger partial charge in [0.15, 0.2) is 0 Å². The average Bonchev–Trinajstić information content (AvgIpc) is 3.61. The van der Waals surface area contributed by atoms with Crippen LogP contribution in [0.4, 0.5) is 5.69 Å². The SMILES string of the molecule is COc1ncc(-n2ncc3c(NC[C@H](C)NS(=O)(=O)c4c(C)nn(C5CCCC5)c4C)cccc32)cn1. The van der Waals surface area contributed by atoms with E-state index in [9.17, 15) is 8.42 Å². The second-order valence-corrected chi connectivity index (χ2v) is 11.2. The number of nitrogens with zero attached hydrogens (tertiary/aromatic N) is 6. The van der Waals surface area contributed by atoms with Crippen molar-refractivity contribution in [1.82, 2.24) is 34.3 Å². The zero-order chi connectivity index (χ0) is 26.2. The Morgan fingerprint density at radius 1 is 1.14 bits per heavy atom.